The van der Waals surface area contributed by atoms with E-state index < -0.39 is 0 Å². The number of hydrogen-bond donors (Lipinski definition) is 2. The highest BCUT2D eigenvalue weighted by Crippen LogP contribution is 2.40. The van der Waals surface area contributed by atoms with E-state index in [0.29, 0.717) is 11.0 Å². The van der Waals surface area contributed by atoms with Crippen LogP contribution >= 0.6 is 35.7 Å². The third kappa shape index (κ3) is 6.38. The van der Waals surface area contributed by atoms with Crippen LogP contribution in [0.15, 0.2) is 4.99 Å². The predicted octanol–water partition coefficient (Wildman–Crippen LogP) is 3.73. The molecule has 0 spiro atoms. The number of nitrogens with one attached hydrogen (secondary N) is 2. The van der Waals surface area contributed by atoms with E-state index >= 15 is 0 Å². The normalized spacial score (nSPS) is 24.7. The highest BCUT2D eigenvalue weighted by atomic mass is 127. The van der Waals surface area contributed by atoms with Crippen LogP contribution in [-0.4, -0.2) is 74.8 Å². The fraction of sp³-hybridized carbons (Fsp3) is 0.952. The van der Waals surface area contributed by atoms with E-state index in [-0.39, 0.29) is 24.0 Å². The maximum atomic E-state index is 5.38. The highest BCUT2D eigenvalue weighted by molar-refractivity contribution is 14.0. The molecule has 0 radical (unpaired) electrons. The zero-order chi connectivity index (χ0) is 19.0. The Morgan fingerprint density at radius 2 is 1.61 bits per heavy atom. The molecule has 0 atom stereocenters. The van der Waals surface area contributed by atoms with Crippen LogP contribution in [0.1, 0.15) is 57.8 Å². The Hall–Kier alpha value is 0.270. The third-order valence-electron chi connectivity index (χ3n) is 7.16. The van der Waals surface area contributed by atoms with Gasteiger partial charge in [0.15, 0.2) is 5.96 Å². The summed E-state index contributed by atoms with van der Waals surface area (Å²) in [5, 5.41) is 7.37. The number of rotatable bonds is 8. The van der Waals surface area contributed by atoms with Crippen molar-refractivity contribution < 1.29 is 4.74 Å². The average Bonchev–Trinajstić information content (AvgIpc) is 3.38. The Labute approximate surface area is 193 Å². The van der Waals surface area contributed by atoms with Crippen LogP contribution in [0.2, 0.25) is 0 Å². The first-order valence-corrected chi connectivity index (χ1v) is 12.1. The number of methoxy groups -OCH3 is 1. The quantitative estimate of drug-likeness (QED) is 0.288. The number of thioether (sulfide) groups is 1. The van der Waals surface area contributed by atoms with Gasteiger partial charge in [-0.05, 0) is 37.5 Å². The molecule has 0 aromatic carbocycles. The second kappa shape index (κ2) is 12.2. The second-order valence-electron chi connectivity index (χ2n) is 8.76. The van der Waals surface area contributed by atoms with E-state index in [1.54, 1.807) is 0 Å². The summed E-state index contributed by atoms with van der Waals surface area (Å²) in [6.45, 7) is 5.41. The van der Waals surface area contributed by atoms with E-state index in [9.17, 15) is 0 Å². The van der Waals surface area contributed by atoms with Gasteiger partial charge in [0.1, 0.15) is 0 Å². The topological polar surface area (TPSA) is 48.9 Å². The first kappa shape index (κ1) is 24.5. The zero-order valence-corrected chi connectivity index (χ0v) is 21.1. The van der Waals surface area contributed by atoms with Crippen molar-refractivity contribution in [3.8, 4) is 0 Å². The molecule has 1 aliphatic heterocycles. The summed E-state index contributed by atoms with van der Waals surface area (Å²) in [5.74, 6) is 3.56. The summed E-state index contributed by atoms with van der Waals surface area (Å²) in [7, 11) is 3.72. The van der Waals surface area contributed by atoms with E-state index in [1.165, 1.54) is 76.0 Å². The van der Waals surface area contributed by atoms with Gasteiger partial charge in [0.2, 0.25) is 0 Å². The Kier molecular flexibility index (Phi) is 10.7. The number of guanidine groups is 1. The fourth-order valence-electron chi connectivity index (χ4n) is 5.37. The smallest absolute Gasteiger partial charge is 0.191 e. The van der Waals surface area contributed by atoms with Crippen LogP contribution in [0.3, 0.4) is 0 Å². The molecule has 164 valence electrons. The van der Waals surface area contributed by atoms with Crippen LogP contribution in [-0.2, 0) is 4.74 Å². The molecular formula is C21H41IN4OS. The Balaban J connectivity index is 0.00000280. The van der Waals surface area contributed by atoms with Gasteiger partial charge in [0, 0.05) is 64.0 Å². The molecule has 1 saturated heterocycles. The molecule has 0 amide bonds. The predicted molar refractivity (Wildman–Crippen MR) is 132 cm³/mol. The number of halogens is 1. The van der Waals surface area contributed by atoms with Crippen molar-refractivity contribution in [2.24, 2.45) is 10.4 Å². The van der Waals surface area contributed by atoms with E-state index in [4.69, 9.17) is 4.74 Å². The Bertz CT molecular complexity index is 473. The molecular weight excluding hydrogens is 483 g/mol. The first-order chi connectivity index (χ1) is 13.2. The van der Waals surface area contributed by atoms with Gasteiger partial charge in [0.25, 0.3) is 0 Å². The van der Waals surface area contributed by atoms with Gasteiger partial charge in [-0.25, -0.2) is 0 Å². The molecule has 3 aliphatic rings. The van der Waals surface area contributed by atoms with Crippen molar-refractivity contribution in [1.82, 2.24) is 15.5 Å². The van der Waals surface area contributed by atoms with Crippen molar-refractivity contribution in [3.05, 3.63) is 0 Å². The van der Waals surface area contributed by atoms with Crippen LogP contribution in [0.25, 0.3) is 0 Å². The van der Waals surface area contributed by atoms with Gasteiger partial charge in [0.05, 0.1) is 0 Å². The van der Waals surface area contributed by atoms with Crippen LogP contribution < -0.4 is 10.6 Å². The van der Waals surface area contributed by atoms with Gasteiger partial charge in [-0.3, -0.25) is 9.89 Å². The van der Waals surface area contributed by atoms with Gasteiger partial charge in [-0.15, -0.1) is 24.0 Å². The lowest BCUT2D eigenvalue weighted by molar-refractivity contribution is 0.107. The SMILES string of the molecule is CN=C(NCC1(CCOC)CCCC1)NCC1(N2CCSCC2)CCCC1.I. The molecule has 0 aromatic rings. The number of ether oxygens (including phenoxy) is 1. The summed E-state index contributed by atoms with van der Waals surface area (Å²) < 4.78 is 5.38. The molecule has 3 rings (SSSR count). The number of nitrogens with zero attached hydrogens (tertiary/aromatic N) is 2. The molecule has 3 fully saturated rings. The summed E-state index contributed by atoms with van der Waals surface area (Å²) in [6, 6.07) is 0. The fourth-order valence-corrected chi connectivity index (χ4v) is 6.28. The van der Waals surface area contributed by atoms with E-state index in [2.05, 4.69) is 32.3 Å². The molecule has 2 saturated carbocycles. The molecule has 2 N–H and O–H groups in total. The largest absolute Gasteiger partial charge is 0.385 e. The van der Waals surface area contributed by atoms with Crippen molar-refractivity contribution in [3.63, 3.8) is 0 Å². The summed E-state index contributed by atoms with van der Waals surface area (Å²) >= 11 is 2.10. The minimum atomic E-state index is 0. The minimum absolute atomic E-state index is 0. The minimum Gasteiger partial charge on any atom is -0.385 e. The molecule has 0 aromatic heterocycles. The summed E-state index contributed by atoms with van der Waals surface area (Å²) in [5.41, 5.74) is 0.739. The standard InChI is InChI=1S/C21H40N4OS.HI/c1-22-19(23-17-20(11-14-26-2)7-3-4-8-20)24-18-21(9-5-6-10-21)25-12-15-27-16-13-25;/h3-18H2,1-2H3,(H2,22,23,24);1H. The summed E-state index contributed by atoms with van der Waals surface area (Å²) in [6.07, 6.45) is 11.9. The molecule has 5 nitrogen and oxygen atoms in total. The molecule has 2 aliphatic carbocycles. The van der Waals surface area contributed by atoms with Gasteiger partial charge in [-0.1, -0.05) is 25.7 Å². The van der Waals surface area contributed by atoms with E-state index in [1.807, 2.05) is 14.2 Å². The maximum absolute atomic E-state index is 5.38. The molecule has 28 heavy (non-hydrogen) atoms. The molecule has 1 heterocycles. The maximum Gasteiger partial charge on any atom is 0.191 e. The molecule has 0 unspecified atom stereocenters. The molecule has 0 bridgehead atoms. The van der Waals surface area contributed by atoms with Crippen molar-refractivity contribution in [2.75, 3.05) is 58.4 Å². The zero-order valence-electron chi connectivity index (χ0n) is 17.9. The third-order valence-corrected chi connectivity index (χ3v) is 8.10. The van der Waals surface area contributed by atoms with Crippen molar-refractivity contribution >= 4 is 41.7 Å². The Morgan fingerprint density at radius 3 is 2.21 bits per heavy atom. The van der Waals surface area contributed by atoms with Gasteiger partial charge in [-0.2, -0.15) is 11.8 Å². The van der Waals surface area contributed by atoms with Crippen LogP contribution in [0.4, 0.5) is 0 Å². The lowest BCUT2D eigenvalue weighted by Crippen LogP contribution is -2.58. The Morgan fingerprint density at radius 1 is 1.00 bits per heavy atom. The van der Waals surface area contributed by atoms with Crippen LogP contribution in [0.5, 0.6) is 0 Å². The lowest BCUT2D eigenvalue weighted by atomic mass is 9.83. The van der Waals surface area contributed by atoms with Gasteiger partial charge < -0.3 is 15.4 Å². The van der Waals surface area contributed by atoms with Crippen molar-refractivity contribution in [1.29, 1.82) is 0 Å². The second-order valence-corrected chi connectivity index (χ2v) is 9.98. The van der Waals surface area contributed by atoms with Gasteiger partial charge >= 0.3 is 0 Å². The van der Waals surface area contributed by atoms with Crippen LogP contribution in [0, 0.1) is 5.41 Å². The van der Waals surface area contributed by atoms with E-state index in [0.717, 1.165) is 32.1 Å². The number of aliphatic imine (C=N–C) groups is 1. The number of hydrogen-bond acceptors (Lipinski definition) is 4. The average molecular weight is 525 g/mol. The first-order valence-electron chi connectivity index (χ1n) is 11.0. The summed E-state index contributed by atoms with van der Waals surface area (Å²) in [4.78, 5) is 7.31. The molecule has 7 heteroatoms. The highest BCUT2D eigenvalue weighted by Gasteiger charge is 2.40. The lowest BCUT2D eigenvalue weighted by Gasteiger charge is -2.44. The van der Waals surface area contributed by atoms with Crippen molar-refractivity contribution in [2.45, 2.75) is 63.3 Å². The monoisotopic (exact) mass is 524 g/mol.